The van der Waals surface area contributed by atoms with Crippen LogP contribution in [0.25, 0.3) is 33.9 Å². The highest BCUT2D eigenvalue weighted by atomic mass is 35.5. The molecule has 0 amide bonds. The van der Waals surface area contributed by atoms with Gasteiger partial charge in [0.05, 0.1) is 0 Å². The summed E-state index contributed by atoms with van der Waals surface area (Å²) >= 11 is 6.22. The van der Waals surface area contributed by atoms with Crippen molar-refractivity contribution in [2.75, 3.05) is 0 Å². The maximum atomic E-state index is 6.22. The molecule has 4 rings (SSSR count). The molecule has 0 saturated carbocycles. The first-order valence-corrected chi connectivity index (χ1v) is 11.0. The molecule has 158 valence electrons. The molecule has 0 unspecified atom stereocenters. The first kappa shape index (κ1) is 21.7. The largest absolute Gasteiger partial charge is 0.209 e. The van der Waals surface area contributed by atoms with E-state index in [0.29, 0.717) is 22.5 Å². The van der Waals surface area contributed by atoms with E-state index >= 15 is 0 Å². The lowest BCUT2D eigenvalue weighted by Gasteiger charge is -2.09. The Labute approximate surface area is 194 Å². The molecule has 32 heavy (non-hydrogen) atoms. The number of rotatable bonds is 6. The second kappa shape index (κ2) is 10.2. The lowest BCUT2D eigenvalue weighted by molar-refractivity contribution is 1.03. The number of aromatic nitrogens is 3. The molecule has 3 aromatic carbocycles. The number of halogens is 1. The monoisotopic (exact) mass is 437 g/mol. The highest BCUT2D eigenvalue weighted by Gasteiger charge is 2.12. The van der Waals surface area contributed by atoms with Gasteiger partial charge >= 0.3 is 0 Å². The Hall–Kier alpha value is -3.56. The van der Waals surface area contributed by atoms with Crippen molar-refractivity contribution in [1.82, 2.24) is 15.0 Å². The standard InChI is InChI=1S/C28H24ClN3/c1-3-21(22-11-6-4-7-12-22)18-17-20(2)26-30-27(23-13-8-5-9-14-23)32-28(31-26)24-15-10-16-25(29)19-24/h4-19H,3H2,1-2H3/b20-17+,21-18+. The molecular weight excluding hydrogens is 414 g/mol. The van der Waals surface area contributed by atoms with E-state index < -0.39 is 0 Å². The van der Waals surface area contributed by atoms with Crippen LogP contribution in [0.1, 0.15) is 31.7 Å². The van der Waals surface area contributed by atoms with Crippen molar-refractivity contribution in [2.24, 2.45) is 0 Å². The minimum absolute atomic E-state index is 0.604. The topological polar surface area (TPSA) is 38.7 Å². The second-order valence-electron chi connectivity index (χ2n) is 7.44. The number of allylic oxidation sites excluding steroid dienone is 4. The van der Waals surface area contributed by atoms with Gasteiger partial charge < -0.3 is 0 Å². The Balaban J connectivity index is 1.79. The molecule has 1 aromatic heterocycles. The molecule has 0 saturated heterocycles. The summed E-state index contributed by atoms with van der Waals surface area (Å²) < 4.78 is 0. The van der Waals surface area contributed by atoms with Crippen LogP contribution >= 0.6 is 11.6 Å². The summed E-state index contributed by atoms with van der Waals surface area (Å²) in [4.78, 5) is 14.3. The molecule has 1 heterocycles. The van der Waals surface area contributed by atoms with Crippen molar-refractivity contribution in [3.63, 3.8) is 0 Å². The third kappa shape index (κ3) is 5.19. The summed E-state index contributed by atoms with van der Waals surface area (Å²) in [5.74, 6) is 1.89. The van der Waals surface area contributed by atoms with Crippen LogP contribution in [0.3, 0.4) is 0 Å². The fraction of sp³-hybridized carbons (Fsp3) is 0.107. The predicted molar refractivity (Wildman–Crippen MR) is 134 cm³/mol. The van der Waals surface area contributed by atoms with Crippen LogP contribution in [0.5, 0.6) is 0 Å². The predicted octanol–water partition coefficient (Wildman–Crippen LogP) is 7.76. The Bertz CT molecular complexity index is 1260. The zero-order valence-electron chi connectivity index (χ0n) is 18.2. The molecule has 0 bridgehead atoms. The molecule has 0 aliphatic carbocycles. The van der Waals surface area contributed by atoms with Gasteiger partial charge in [-0.1, -0.05) is 103 Å². The van der Waals surface area contributed by atoms with Crippen LogP contribution in [0.15, 0.2) is 97.1 Å². The molecular formula is C28H24ClN3. The first-order valence-electron chi connectivity index (χ1n) is 10.6. The normalized spacial score (nSPS) is 12.1. The van der Waals surface area contributed by atoms with Crippen LogP contribution in [0.4, 0.5) is 0 Å². The smallest absolute Gasteiger partial charge is 0.164 e. The van der Waals surface area contributed by atoms with Crippen molar-refractivity contribution >= 4 is 22.7 Å². The summed E-state index contributed by atoms with van der Waals surface area (Å²) in [7, 11) is 0. The van der Waals surface area contributed by atoms with Crippen molar-refractivity contribution in [3.8, 4) is 22.8 Å². The Kier molecular flexibility index (Phi) is 6.88. The van der Waals surface area contributed by atoms with Crippen molar-refractivity contribution in [1.29, 1.82) is 0 Å². The van der Waals surface area contributed by atoms with E-state index in [1.807, 2.05) is 67.6 Å². The van der Waals surface area contributed by atoms with Crippen molar-refractivity contribution in [2.45, 2.75) is 20.3 Å². The van der Waals surface area contributed by atoms with Gasteiger partial charge in [-0.25, -0.2) is 15.0 Å². The van der Waals surface area contributed by atoms with Gasteiger partial charge in [-0.2, -0.15) is 0 Å². The van der Waals surface area contributed by atoms with Crippen molar-refractivity contribution < 1.29 is 0 Å². The summed E-state index contributed by atoms with van der Waals surface area (Å²) in [5, 5.41) is 0.649. The number of benzene rings is 3. The van der Waals surface area contributed by atoms with Gasteiger partial charge in [0.1, 0.15) is 0 Å². The fourth-order valence-electron chi connectivity index (χ4n) is 3.40. The maximum absolute atomic E-state index is 6.22. The Morgan fingerprint density at radius 1 is 0.750 bits per heavy atom. The van der Waals surface area contributed by atoms with Crippen LogP contribution in [0.2, 0.25) is 5.02 Å². The molecule has 0 N–H and O–H groups in total. The molecule has 0 aliphatic rings. The molecule has 0 spiro atoms. The van der Waals surface area contributed by atoms with E-state index in [-0.39, 0.29) is 0 Å². The van der Waals surface area contributed by atoms with E-state index in [9.17, 15) is 0 Å². The van der Waals surface area contributed by atoms with E-state index in [0.717, 1.165) is 23.1 Å². The SMILES string of the molecule is CC/C(=C\C=C(/C)c1nc(-c2ccccc2)nc(-c2cccc(Cl)c2)n1)c1ccccc1. The third-order valence-electron chi connectivity index (χ3n) is 5.16. The Morgan fingerprint density at radius 2 is 1.38 bits per heavy atom. The quantitative estimate of drug-likeness (QED) is 0.289. The van der Waals surface area contributed by atoms with Crippen LogP contribution in [-0.4, -0.2) is 15.0 Å². The minimum atomic E-state index is 0.604. The van der Waals surface area contributed by atoms with Crippen LogP contribution in [-0.2, 0) is 0 Å². The maximum Gasteiger partial charge on any atom is 0.164 e. The number of hydrogen-bond donors (Lipinski definition) is 0. The van der Waals surface area contributed by atoms with E-state index in [1.165, 1.54) is 11.1 Å². The average molecular weight is 438 g/mol. The fourth-order valence-corrected chi connectivity index (χ4v) is 3.59. The average Bonchev–Trinajstić information content (AvgIpc) is 2.85. The molecule has 0 fully saturated rings. The molecule has 4 heteroatoms. The molecule has 4 aromatic rings. The summed E-state index contributed by atoms with van der Waals surface area (Å²) in [6.07, 6.45) is 5.17. The van der Waals surface area contributed by atoms with Gasteiger partial charge in [0, 0.05) is 16.1 Å². The first-order chi connectivity index (χ1) is 15.6. The van der Waals surface area contributed by atoms with Gasteiger partial charge in [-0.3, -0.25) is 0 Å². The van der Waals surface area contributed by atoms with Gasteiger partial charge in [-0.05, 0) is 42.2 Å². The molecule has 0 aliphatic heterocycles. The zero-order chi connectivity index (χ0) is 22.3. The van der Waals surface area contributed by atoms with Crippen LogP contribution < -0.4 is 0 Å². The molecule has 0 atom stereocenters. The van der Waals surface area contributed by atoms with Crippen molar-refractivity contribution in [3.05, 3.63) is 113 Å². The summed E-state index contributed by atoms with van der Waals surface area (Å²) in [6.45, 7) is 4.19. The number of nitrogens with zero attached hydrogens (tertiary/aromatic N) is 3. The highest BCUT2D eigenvalue weighted by molar-refractivity contribution is 6.30. The third-order valence-corrected chi connectivity index (χ3v) is 5.40. The van der Waals surface area contributed by atoms with E-state index in [1.54, 1.807) is 0 Å². The van der Waals surface area contributed by atoms with Gasteiger partial charge in [-0.15, -0.1) is 0 Å². The van der Waals surface area contributed by atoms with Crippen LogP contribution in [0, 0.1) is 0 Å². The highest BCUT2D eigenvalue weighted by Crippen LogP contribution is 2.25. The Morgan fingerprint density at radius 3 is 2.03 bits per heavy atom. The lowest BCUT2D eigenvalue weighted by Crippen LogP contribution is -2.01. The summed E-state index contributed by atoms with van der Waals surface area (Å²) in [6, 6.07) is 28.0. The second-order valence-corrected chi connectivity index (χ2v) is 7.88. The van der Waals surface area contributed by atoms with E-state index in [4.69, 9.17) is 26.6 Å². The molecule has 0 radical (unpaired) electrons. The molecule has 3 nitrogen and oxygen atoms in total. The summed E-state index contributed by atoms with van der Waals surface area (Å²) in [5.41, 5.74) is 5.26. The van der Waals surface area contributed by atoms with E-state index in [2.05, 4.69) is 43.3 Å². The number of hydrogen-bond acceptors (Lipinski definition) is 3. The van der Waals surface area contributed by atoms with Gasteiger partial charge in [0.15, 0.2) is 17.5 Å². The minimum Gasteiger partial charge on any atom is -0.209 e. The lowest BCUT2D eigenvalue weighted by atomic mass is 10.0. The van der Waals surface area contributed by atoms with Gasteiger partial charge in [0.25, 0.3) is 0 Å². The van der Waals surface area contributed by atoms with Gasteiger partial charge in [0.2, 0.25) is 0 Å². The zero-order valence-corrected chi connectivity index (χ0v) is 18.9.